The van der Waals surface area contributed by atoms with Gasteiger partial charge in [-0.05, 0) is 52.9 Å². The van der Waals surface area contributed by atoms with Crippen LogP contribution in [0, 0.1) is 9.39 Å². The number of nitrogens with zero attached hydrogens (tertiary/aromatic N) is 1. The number of carbonyl (C=O) groups is 1. The Morgan fingerprint density at radius 1 is 1.33 bits per heavy atom. The lowest BCUT2D eigenvalue weighted by molar-refractivity contribution is 0.0699. The van der Waals surface area contributed by atoms with Crippen LogP contribution in [0.15, 0.2) is 34.7 Å². The zero-order valence-corrected chi connectivity index (χ0v) is 12.6. The minimum absolute atomic E-state index is 0.0120. The maximum absolute atomic E-state index is 13.0. The second-order valence-electron chi connectivity index (χ2n) is 4.33. The molecule has 0 spiro atoms. The van der Waals surface area contributed by atoms with Gasteiger partial charge < -0.3 is 15.3 Å². The lowest BCUT2D eigenvalue weighted by Crippen LogP contribution is -1.98. The van der Waals surface area contributed by atoms with Crippen molar-refractivity contribution in [1.82, 2.24) is 4.98 Å². The Balaban J connectivity index is 2.34. The second-order valence-corrected chi connectivity index (χ2v) is 5.49. The van der Waals surface area contributed by atoms with E-state index in [1.807, 2.05) is 22.6 Å². The molecule has 5 nitrogen and oxygen atoms in total. The number of aromatic carboxylic acids is 1. The third kappa shape index (κ3) is 2.33. The molecule has 0 aliphatic carbocycles. The van der Waals surface area contributed by atoms with Crippen molar-refractivity contribution >= 4 is 45.5 Å². The third-order valence-electron chi connectivity index (χ3n) is 2.98. The summed E-state index contributed by atoms with van der Waals surface area (Å²) in [5, 5.41) is 9.79. The predicted octanol–water partition coefficient (Wildman–Crippen LogP) is 3.52. The standard InChI is InChI=1S/C14H8FIN2O3/c15-7-3-1-6(2-4-7)11-10(14(19)20)8-5-9(16)12(17)18-13(8)21-11/h1-5H,(H2,17,18)(H,19,20). The molecule has 1 aromatic carbocycles. The molecule has 0 unspecified atom stereocenters. The topological polar surface area (TPSA) is 89.4 Å². The Kier molecular flexibility index (Phi) is 3.28. The normalized spacial score (nSPS) is 11.0. The van der Waals surface area contributed by atoms with Crippen LogP contribution < -0.4 is 5.73 Å². The molecule has 7 heteroatoms. The van der Waals surface area contributed by atoms with Gasteiger partial charge in [-0.15, -0.1) is 0 Å². The number of rotatable bonds is 2. The molecule has 0 aliphatic heterocycles. The van der Waals surface area contributed by atoms with Gasteiger partial charge in [-0.25, -0.2) is 9.18 Å². The van der Waals surface area contributed by atoms with E-state index in [9.17, 15) is 14.3 Å². The number of furan rings is 1. The van der Waals surface area contributed by atoms with Crippen molar-refractivity contribution in [2.24, 2.45) is 0 Å². The Bertz CT molecular complexity index is 859. The highest BCUT2D eigenvalue weighted by atomic mass is 127. The number of anilines is 1. The van der Waals surface area contributed by atoms with Crippen LogP contribution in [-0.2, 0) is 0 Å². The summed E-state index contributed by atoms with van der Waals surface area (Å²) >= 11 is 1.97. The van der Waals surface area contributed by atoms with Crippen LogP contribution in [0.5, 0.6) is 0 Å². The number of nitrogen functional groups attached to an aromatic ring is 1. The SMILES string of the molecule is Nc1nc2oc(-c3ccc(F)cc3)c(C(=O)O)c2cc1I. The van der Waals surface area contributed by atoms with Crippen LogP contribution in [0.3, 0.4) is 0 Å². The average Bonchev–Trinajstić information content (AvgIpc) is 2.78. The Morgan fingerprint density at radius 2 is 2.00 bits per heavy atom. The molecule has 0 saturated carbocycles. The summed E-state index contributed by atoms with van der Waals surface area (Å²) in [6.45, 7) is 0. The van der Waals surface area contributed by atoms with Crippen molar-refractivity contribution in [3.05, 3.63) is 45.3 Å². The summed E-state index contributed by atoms with van der Waals surface area (Å²) in [4.78, 5) is 15.6. The van der Waals surface area contributed by atoms with Gasteiger partial charge in [-0.3, -0.25) is 0 Å². The lowest BCUT2D eigenvalue weighted by Gasteiger charge is -1.99. The Morgan fingerprint density at radius 3 is 2.62 bits per heavy atom. The molecule has 3 rings (SSSR count). The lowest BCUT2D eigenvalue weighted by atomic mass is 10.1. The molecular formula is C14H8FIN2O3. The van der Waals surface area contributed by atoms with E-state index in [-0.39, 0.29) is 22.9 Å². The number of fused-ring (bicyclic) bond motifs is 1. The highest BCUT2D eigenvalue weighted by Crippen LogP contribution is 2.34. The highest BCUT2D eigenvalue weighted by Gasteiger charge is 2.23. The van der Waals surface area contributed by atoms with E-state index in [1.165, 1.54) is 24.3 Å². The van der Waals surface area contributed by atoms with E-state index in [0.29, 0.717) is 14.5 Å². The molecule has 106 valence electrons. The first-order chi connectivity index (χ1) is 9.97. The average molecular weight is 398 g/mol. The molecule has 2 aromatic heterocycles. The number of carboxylic acids is 1. The van der Waals surface area contributed by atoms with Gasteiger partial charge in [0.1, 0.15) is 17.2 Å². The number of pyridine rings is 1. The fourth-order valence-electron chi connectivity index (χ4n) is 2.03. The minimum atomic E-state index is -1.14. The fraction of sp³-hybridized carbons (Fsp3) is 0. The van der Waals surface area contributed by atoms with Gasteiger partial charge in [-0.1, -0.05) is 0 Å². The number of halogens is 2. The van der Waals surface area contributed by atoms with Gasteiger partial charge in [0.05, 0.1) is 8.96 Å². The molecule has 3 aromatic rings. The van der Waals surface area contributed by atoms with Crippen molar-refractivity contribution < 1.29 is 18.7 Å². The number of hydrogen-bond donors (Lipinski definition) is 2. The van der Waals surface area contributed by atoms with Crippen molar-refractivity contribution in [3.8, 4) is 11.3 Å². The van der Waals surface area contributed by atoms with Crippen LogP contribution in [0.25, 0.3) is 22.4 Å². The van der Waals surface area contributed by atoms with Gasteiger partial charge in [-0.2, -0.15) is 4.98 Å². The molecule has 0 fully saturated rings. The zero-order chi connectivity index (χ0) is 15.1. The number of carboxylic acid groups (broad SMARTS) is 1. The van der Waals surface area contributed by atoms with Crippen molar-refractivity contribution in [2.75, 3.05) is 5.73 Å². The Hall–Kier alpha value is -2.16. The molecule has 0 amide bonds. The van der Waals surface area contributed by atoms with Gasteiger partial charge in [0, 0.05) is 5.56 Å². The maximum Gasteiger partial charge on any atom is 0.340 e. The number of nitrogens with two attached hydrogens (primary N) is 1. The smallest absolute Gasteiger partial charge is 0.340 e. The van der Waals surface area contributed by atoms with Crippen LogP contribution in [0.1, 0.15) is 10.4 Å². The first kappa shape index (κ1) is 13.8. The van der Waals surface area contributed by atoms with Crippen LogP contribution >= 0.6 is 22.6 Å². The van der Waals surface area contributed by atoms with Crippen LogP contribution in [-0.4, -0.2) is 16.1 Å². The molecule has 0 radical (unpaired) electrons. The van der Waals surface area contributed by atoms with Gasteiger partial charge in [0.2, 0.25) is 5.71 Å². The molecule has 0 saturated heterocycles. The second kappa shape index (κ2) is 4.99. The highest BCUT2D eigenvalue weighted by molar-refractivity contribution is 14.1. The monoisotopic (exact) mass is 398 g/mol. The Labute approximate surface area is 131 Å². The molecule has 0 aliphatic rings. The van der Waals surface area contributed by atoms with E-state index < -0.39 is 11.8 Å². The first-order valence-corrected chi connectivity index (χ1v) is 6.93. The number of aromatic nitrogens is 1. The van der Waals surface area contributed by atoms with Crippen LogP contribution in [0.2, 0.25) is 0 Å². The fourth-order valence-corrected chi connectivity index (χ4v) is 2.46. The summed E-state index contributed by atoms with van der Waals surface area (Å²) in [5.74, 6) is -1.16. The first-order valence-electron chi connectivity index (χ1n) is 5.85. The van der Waals surface area contributed by atoms with E-state index >= 15 is 0 Å². The third-order valence-corrected chi connectivity index (χ3v) is 3.85. The van der Waals surface area contributed by atoms with E-state index in [0.717, 1.165) is 0 Å². The quantitative estimate of drug-likeness (QED) is 0.645. The molecule has 2 heterocycles. The molecule has 0 bridgehead atoms. The van der Waals surface area contributed by atoms with Crippen molar-refractivity contribution in [3.63, 3.8) is 0 Å². The van der Waals surface area contributed by atoms with Gasteiger partial charge in [0.25, 0.3) is 0 Å². The van der Waals surface area contributed by atoms with E-state index in [1.54, 1.807) is 6.07 Å². The summed E-state index contributed by atoms with van der Waals surface area (Å²) < 4.78 is 19.2. The number of hydrogen-bond acceptors (Lipinski definition) is 4. The minimum Gasteiger partial charge on any atom is -0.478 e. The van der Waals surface area contributed by atoms with Crippen molar-refractivity contribution in [2.45, 2.75) is 0 Å². The summed E-state index contributed by atoms with van der Waals surface area (Å²) in [6.07, 6.45) is 0. The van der Waals surface area contributed by atoms with Gasteiger partial charge in [0.15, 0.2) is 5.76 Å². The van der Waals surface area contributed by atoms with Crippen LogP contribution in [0.4, 0.5) is 10.2 Å². The summed E-state index contributed by atoms with van der Waals surface area (Å²) in [6, 6.07) is 6.99. The van der Waals surface area contributed by atoms with E-state index in [2.05, 4.69) is 4.98 Å². The number of benzene rings is 1. The predicted molar refractivity (Wildman–Crippen MR) is 83.5 cm³/mol. The molecule has 3 N–H and O–H groups in total. The summed E-state index contributed by atoms with van der Waals surface area (Å²) in [5.41, 5.74) is 6.29. The van der Waals surface area contributed by atoms with Crippen molar-refractivity contribution in [1.29, 1.82) is 0 Å². The maximum atomic E-state index is 13.0. The summed E-state index contributed by atoms with van der Waals surface area (Å²) in [7, 11) is 0. The zero-order valence-electron chi connectivity index (χ0n) is 10.4. The molecular weight excluding hydrogens is 390 g/mol. The molecule has 0 atom stereocenters. The largest absolute Gasteiger partial charge is 0.478 e. The van der Waals surface area contributed by atoms with Gasteiger partial charge >= 0.3 is 5.97 Å². The molecule has 21 heavy (non-hydrogen) atoms. The van der Waals surface area contributed by atoms with E-state index in [4.69, 9.17) is 10.2 Å².